The summed E-state index contributed by atoms with van der Waals surface area (Å²) in [6, 6.07) is 0.790. The van der Waals surface area contributed by atoms with Crippen LogP contribution in [0.1, 0.15) is 92.4 Å². The van der Waals surface area contributed by atoms with Crippen molar-refractivity contribution in [2.75, 3.05) is 13.2 Å². The normalized spacial score (nSPS) is 32.0. The van der Waals surface area contributed by atoms with E-state index in [4.69, 9.17) is 4.74 Å². The second-order valence-electron chi connectivity index (χ2n) is 9.79. The van der Waals surface area contributed by atoms with Crippen LogP contribution in [0.4, 0.5) is 0 Å². The molecule has 2 atom stereocenters. The molecule has 142 valence electrons. The van der Waals surface area contributed by atoms with Gasteiger partial charge in [0.2, 0.25) is 0 Å². The largest absolute Gasteiger partial charge is 0.376 e. The molecule has 0 spiro atoms. The first-order valence-corrected chi connectivity index (χ1v) is 10.7. The van der Waals surface area contributed by atoms with Crippen LogP contribution in [0.5, 0.6) is 0 Å². The Morgan fingerprint density at radius 2 is 1.71 bits per heavy atom. The van der Waals surface area contributed by atoms with Crippen LogP contribution in [0.25, 0.3) is 0 Å². The number of nitrogens with one attached hydrogen (secondary N) is 1. The quantitative estimate of drug-likeness (QED) is 0.604. The fourth-order valence-electron chi connectivity index (χ4n) is 4.78. The molecular weight excluding hydrogens is 294 g/mol. The van der Waals surface area contributed by atoms with Crippen molar-refractivity contribution in [3.63, 3.8) is 0 Å². The summed E-state index contributed by atoms with van der Waals surface area (Å²) in [5.74, 6) is 3.52. The smallest absolute Gasteiger partial charge is 0.0629 e. The minimum absolute atomic E-state index is 0.0892. The van der Waals surface area contributed by atoms with Crippen LogP contribution < -0.4 is 5.32 Å². The Morgan fingerprint density at radius 3 is 2.33 bits per heavy atom. The van der Waals surface area contributed by atoms with Gasteiger partial charge in [0.1, 0.15) is 0 Å². The van der Waals surface area contributed by atoms with E-state index in [0.29, 0.717) is 0 Å². The van der Waals surface area contributed by atoms with E-state index in [1.807, 2.05) is 0 Å². The minimum Gasteiger partial charge on any atom is -0.376 e. The molecule has 2 aliphatic rings. The molecule has 0 aromatic carbocycles. The highest BCUT2D eigenvalue weighted by Crippen LogP contribution is 2.37. The van der Waals surface area contributed by atoms with Crippen molar-refractivity contribution < 1.29 is 4.74 Å². The van der Waals surface area contributed by atoms with Gasteiger partial charge in [0.05, 0.1) is 5.60 Å². The molecule has 1 aliphatic carbocycles. The zero-order valence-electron chi connectivity index (χ0n) is 17.1. The zero-order chi connectivity index (χ0) is 17.6. The molecule has 2 fully saturated rings. The highest BCUT2D eigenvalue weighted by Gasteiger charge is 2.33. The molecule has 2 unspecified atom stereocenters. The summed E-state index contributed by atoms with van der Waals surface area (Å²) in [5, 5.41) is 3.89. The first kappa shape index (κ1) is 20.2. The molecule has 0 bridgehead atoms. The summed E-state index contributed by atoms with van der Waals surface area (Å²) in [7, 11) is 0. The predicted octanol–water partition coefficient (Wildman–Crippen LogP) is 5.80. The third kappa shape index (κ3) is 7.04. The lowest BCUT2D eigenvalue weighted by molar-refractivity contribution is -0.0840. The van der Waals surface area contributed by atoms with Gasteiger partial charge in [-0.05, 0) is 95.4 Å². The minimum atomic E-state index is 0.0892. The summed E-state index contributed by atoms with van der Waals surface area (Å²) in [5.41, 5.74) is 0.0892. The first-order valence-electron chi connectivity index (χ1n) is 10.7. The Kier molecular flexibility index (Phi) is 8.07. The maximum Gasteiger partial charge on any atom is 0.0629 e. The van der Waals surface area contributed by atoms with E-state index >= 15 is 0 Å². The molecule has 1 saturated carbocycles. The van der Waals surface area contributed by atoms with E-state index in [2.05, 4.69) is 39.9 Å². The fraction of sp³-hybridized carbons (Fsp3) is 1.00. The summed E-state index contributed by atoms with van der Waals surface area (Å²) >= 11 is 0. The van der Waals surface area contributed by atoms with Crippen molar-refractivity contribution in [1.29, 1.82) is 0 Å². The topological polar surface area (TPSA) is 21.3 Å². The maximum absolute atomic E-state index is 5.97. The maximum atomic E-state index is 5.97. The van der Waals surface area contributed by atoms with Crippen LogP contribution >= 0.6 is 0 Å². The van der Waals surface area contributed by atoms with Crippen LogP contribution in [0.15, 0.2) is 0 Å². The number of hydrogen-bond donors (Lipinski definition) is 1. The van der Waals surface area contributed by atoms with Crippen LogP contribution in [0.3, 0.4) is 0 Å². The molecule has 2 heteroatoms. The van der Waals surface area contributed by atoms with Gasteiger partial charge in [-0.2, -0.15) is 0 Å². The van der Waals surface area contributed by atoms with Gasteiger partial charge in [-0.15, -0.1) is 0 Å². The number of rotatable bonds is 8. The molecule has 0 aromatic rings. The molecule has 0 amide bonds. The average Bonchev–Trinajstić information content (AvgIpc) is 2.51. The summed E-state index contributed by atoms with van der Waals surface area (Å²) < 4.78 is 5.97. The van der Waals surface area contributed by atoms with E-state index in [1.54, 1.807) is 0 Å². The van der Waals surface area contributed by atoms with Crippen LogP contribution in [-0.4, -0.2) is 24.8 Å². The SMILES string of the molecule is CC(C)CCC(CCNC1CCC(C)CC1)C1CCOC(C)(C)C1. The van der Waals surface area contributed by atoms with Crippen molar-refractivity contribution in [2.45, 2.75) is 104 Å². The summed E-state index contributed by atoms with van der Waals surface area (Å²) in [6.45, 7) is 13.9. The lowest BCUT2D eigenvalue weighted by Crippen LogP contribution is -2.38. The molecule has 1 heterocycles. The van der Waals surface area contributed by atoms with Crippen molar-refractivity contribution in [2.24, 2.45) is 23.7 Å². The van der Waals surface area contributed by atoms with Crippen molar-refractivity contribution in [3.05, 3.63) is 0 Å². The molecule has 2 rings (SSSR count). The van der Waals surface area contributed by atoms with E-state index in [9.17, 15) is 0 Å². The number of hydrogen-bond acceptors (Lipinski definition) is 2. The number of ether oxygens (including phenoxy) is 1. The Morgan fingerprint density at radius 1 is 1.00 bits per heavy atom. The van der Waals surface area contributed by atoms with Crippen molar-refractivity contribution in [3.8, 4) is 0 Å². The third-order valence-electron chi connectivity index (χ3n) is 6.48. The van der Waals surface area contributed by atoms with Crippen LogP contribution in [-0.2, 0) is 4.74 Å². The highest BCUT2D eigenvalue weighted by atomic mass is 16.5. The van der Waals surface area contributed by atoms with Crippen LogP contribution in [0, 0.1) is 23.7 Å². The molecular formula is C22H43NO. The van der Waals surface area contributed by atoms with Gasteiger partial charge in [0.25, 0.3) is 0 Å². The fourth-order valence-corrected chi connectivity index (χ4v) is 4.78. The summed E-state index contributed by atoms with van der Waals surface area (Å²) in [4.78, 5) is 0. The van der Waals surface area contributed by atoms with Gasteiger partial charge in [-0.1, -0.05) is 27.2 Å². The van der Waals surface area contributed by atoms with Gasteiger partial charge >= 0.3 is 0 Å². The molecule has 1 saturated heterocycles. The molecule has 1 N–H and O–H groups in total. The highest BCUT2D eigenvalue weighted by molar-refractivity contribution is 4.84. The van der Waals surface area contributed by atoms with E-state index < -0.39 is 0 Å². The average molecular weight is 338 g/mol. The molecule has 0 aromatic heterocycles. The lowest BCUT2D eigenvalue weighted by atomic mass is 9.75. The third-order valence-corrected chi connectivity index (χ3v) is 6.48. The Bertz CT molecular complexity index is 344. The molecule has 0 radical (unpaired) electrons. The van der Waals surface area contributed by atoms with Crippen molar-refractivity contribution in [1.82, 2.24) is 5.32 Å². The molecule has 24 heavy (non-hydrogen) atoms. The van der Waals surface area contributed by atoms with E-state index in [-0.39, 0.29) is 5.60 Å². The molecule has 2 nitrogen and oxygen atoms in total. The Balaban J connectivity index is 1.79. The standard InChI is InChI=1S/C22H43NO/c1-17(2)6-9-19(20-13-15-24-22(4,5)16-20)12-14-23-21-10-7-18(3)8-11-21/h17-21,23H,6-16H2,1-5H3. The first-order chi connectivity index (χ1) is 11.4. The molecule has 1 aliphatic heterocycles. The van der Waals surface area contributed by atoms with Gasteiger partial charge < -0.3 is 10.1 Å². The van der Waals surface area contributed by atoms with Crippen molar-refractivity contribution >= 4 is 0 Å². The second-order valence-corrected chi connectivity index (χ2v) is 9.79. The van der Waals surface area contributed by atoms with Crippen LogP contribution in [0.2, 0.25) is 0 Å². The van der Waals surface area contributed by atoms with Gasteiger partial charge in [0.15, 0.2) is 0 Å². The predicted molar refractivity (Wildman–Crippen MR) is 104 cm³/mol. The monoisotopic (exact) mass is 337 g/mol. The second kappa shape index (κ2) is 9.57. The zero-order valence-corrected chi connectivity index (χ0v) is 17.1. The Hall–Kier alpha value is -0.0800. The Labute approximate surface area is 151 Å². The van der Waals surface area contributed by atoms with Gasteiger partial charge in [-0.3, -0.25) is 0 Å². The van der Waals surface area contributed by atoms with Gasteiger partial charge in [0, 0.05) is 12.6 Å². The van der Waals surface area contributed by atoms with Gasteiger partial charge in [-0.25, -0.2) is 0 Å². The van der Waals surface area contributed by atoms with E-state index in [0.717, 1.165) is 36.3 Å². The van der Waals surface area contributed by atoms with E-state index in [1.165, 1.54) is 64.3 Å². The lowest BCUT2D eigenvalue weighted by Gasteiger charge is -2.40. The summed E-state index contributed by atoms with van der Waals surface area (Å²) in [6.07, 6.45) is 12.3.